The fourth-order valence-electron chi connectivity index (χ4n) is 1.61. The van der Waals surface area contributed by atoms with Crippen LogP contribution in [0, 0.1) is 0 Å². The Morgan fingerprint density at radius 3 is 2.58 bits per heavy atom. The zero-order valence-corrected chi connectivity index (χ0v) is 11.7. The van der Waals surface area contributed by atoms with Gasteiger partial charge in [-0.05, 0) is 44.7 Å². The highest BCUT2D eigenvalue weighted by atomic mass is 16.5. The van der Waals surface area contributed by atoms with Crippen molar-refractivity contribution in [1.29, 1.82) is 0 Å². The van der Waals surface area contributed by atoms with Crippen LogP contribution in [0.5, 0.6) is 5.75 Å². The van der Waals surface area contributed by atoms with Gasteiger partial charge in [0.05, 0.1) is 19.8 Å². The molecule has 1 aromatic rings. The molecule has 0 saturated heterocycles. The van der Waals surface area contributed by atoms with Gasteiger partial charge in [0.1, 0.15) is 5.75 Å². The summed E-state index contributed by atoms with van der Waals surface area (Å²) in [7, 11) is 3.46. The molecule has 2 N–H and O–H groups in total. The molecule has 1 atom stereocenters. The van der Waals surface area contributed by atoms with Gasteiger partial charge in [-0.3, -0.25) is 9.69 Å². The average molecular weight is 266 g/mol. The first-order valence-electron chi connectivity index (χ1n) is 6.31. The van der Waals surface area contributed by atoms with Crippen LogP contribution in [0.1, 0.15) is 13.3 Å². The van der Waals surface area contributed by atoms with Crippen LogP contribution in [-0.4, -0.2) is 49.3 Å². The van der Waals surface area contributed by atoms with Crippen molar-refractivity contribution in [2.24, 2.45) is 0 Å². The lowest BCUT2D eigenvalue weighted by atomic mass is 10.2. The molecule has 1 rings (SSSR count). The first kappa shape index (κ1) is 15.5. The third kappa shape index (κ3) is 6.22. The predicted molar refractivity (Wildman–Crippen MR) is 75.4 cm³/mol. The van der Waals surface area contributed by atoms with E-state index in [2.05, 4.69) is 5.32 Å². The van der Waals surface area contributed by atoms with Crippen LogP contribution in [0.2, 0.25) is 0 Å². The highest BCUT2D eigenvalue weighted by Gasteiger charge is 2.08. The summed E-state index contributed by atoms with van der Waals surface area (Å²) in [5.74, 6) is 0.685. The molecule has 0 aromatic heterocycles. The summed E-state index contributed by atoms with van der Waals surface area (Å²) >= 11 is 0. The van der Waals surface area contributed by atoms with Crippen LogP contribution in [0.3, 0.4) is 0 Å². The number of hydrogen-bond acceptors (Lipinski definition) is 4. The van der Waals surface area contributed by atoms with Gasteiger partial charge in [0.25, 0.3) is 0 Å². The highest BCUT2D eigenvalue weighted by molar-refractivity contribution is 5.92. The lowest BCUT2D eigenvalue weighted by molar-refractivity contribution is -0.117. The van der Waals surface area contributed by atoms with Crippen LogP contribution < -0.4 is 10.1 Å². The molecule has 0 aliphatic rings. The lowest BCUT2D eigenvalue weighted by Gasteiger charge is -2.17. The summed E-state index contributed by atoms with van der Waals surface area (Å²) in [4.78, 5) is 13.7. The topological polar surface area (TPSA) is 61.8 Å². The number of likely N-dealkylation sites (N-methyl/N-ethyl adjacent to an activating group) is 1. The third-order valence-electron chi connectivity index (χ3n) is 2.72. The van der Waals surface area contributed by atoms with E-state index in [0.29, 0.717) is 19.5 Å². The van der Waals surface area contributed by atoms with E-state index in [-0.39, 0.29) is 12.0 Å². The second-order valence-electron chi connectivity index (χ2n) is 4.65. The molecule has 5 heteroatoms. The summed E-state index contributed by atoms with van der Waals surface area (Å²) < 4.78 is 5.05. The van der Waals surface area contributed by atoms with Gasteiger partial charge in [-0.25, -0.2) is 0 Å². The van der Waals surface area contributed by atoms with Crippen molar-refractivity contribution in [3.63, 3.8) is 0 Å². The first-order chi connectivity index (χ1) is 9.01. The number of benzene rings is 1. The smallest absolute Gasteiger partial charge is 0.238 e. The maximum Gasteiger partial charge on any atom is 0.238 e. The molecule has 106 valence electrons. The molecule has 0 heterocycles. The molecule has 0 bridgehead atoms. The normalized spacial score (nSPS) is 12.3. The van der Waals surface area contributed by atoms with E-state index in [4.69, 9.17) is 4.74 Å². The predicted octanol–water partition coefficient (Wildman–Crippen LogP) is 1.34. The lowest BCUT2D eigenvalue weighted by Crippen LogP contribution is -2.31. The first-order valence-corrected chi connectivity index (χ1v) is 6.31. The zero-order chi connectivity index (χ0) is 14.3. The summed E-state index contributed by atoms with van der Waals surface area (Å²) in [6.45, 7) is 2.73. The van der Waals surface area contributed by atoms with Gasteiger partial charge in [-0.1, -0.05) is 0 Å². The number of anilines is 1. The number of rotatable bonds is 7. The molecule has 19 heavy (non-hydrogen) atoms. The van der Waals surface area contributed by atoms with Crippen molar-refractivity contribution in [2.75, 3.05) is 32.6 Å². The van der Waals surface area contributed by atoms with Gasteiger partial charge >= 0.3 is 0 Å². The van der Waals surface area contributed by atoms with Crippen molar-refractivity contribution in [2.45, 2.75) is 19.4 Å². The Labute approximate surface area is 114 Å². The molecule has 0 spiro atoms. The molecule has 0 saturated carbocycles. The summed E-state index contributed by atoms with van der Waals surface area (Å²) in [5.41, 5.74) is 0.745. The maximum atomic E-state index is 11.8. The second kappa shape index (κ2) is 7.76. The molecule has 0 fully saturated rings. The zero-order valence-electron chi connectivity index (χ0n) is 11.7. The Kier molecular flexibility index (Phi) is 6.32. The number of nitrogens with one attached hydrogen (secondary N) is 1. The van der Waals surface area contributed by atoms with E-state index in [1.807, 2.05) is 11.9 Å². The SMILES string of the molecule is COc1ccc(NC(=O)CN(C)CCC(C)O)cc1. The minimum Gasteiger partial charge on any atom is -0.497 e. The molecule has 0 aliphatic heterocycles. The van der Waals surface area contributed by atoms with E-state index in [1.165, 1.54) is 0 Å². The van der Waals surface area contributed by atoms with E-state index in [1.54, 1.807) is 38.3 Å². The van der Waals surface area contributed by atoms with Crippen LogP contribution in [0.15, 0.2) is 24.3 Å². The largest absolute Gasteiger partial charge is 0.497 e. The average Bonchev–Trinajstić information content (AvgIpc) is 2.37. The fraction of sp³-hybridized carbons (Fsp3) is 0.500. The van der Waals surface area contributed by atoms with Crippen molar-refractivity contribution < 1.29 is 14.6 Å². The number of ether oxygens (including phenoxy) is 1. The maximum absolute atomic E-state index is 11.8. The standard InChI is InChI=1S/C14H22N2O3/c1-11(17)8-9-16(2)10-14(18)15-12-4-6-13(19-3)7-5-12/h4-7,11,17H,8-10H2,1-3H3,(H,15,18). The summed E-state index contributed by atoms with van der Waals surface area (Å²) in [6.07, 6.45) is 0.318. The van der Waals surface area contributed by atoms with Gasteiger partial charge in [0, 0.05) is 12.2 Å². The monoisotopic (exact) mass is 266 g/mol. The van der Waals surface area contributed by atoms with E-state index in [9.17, 15) is 9.90 Å². The molecule has 1 unspecified atom stereocenters. The van der Waals surface area contributed by atoms with Gasteiger partial charge in [-0.15, -0.1) is 0 Å². The van der Waals surface area contributed by atoms with Crippen molar-refractivity contribution in [3.8, 4) is 5.75 Å². The van der Waals surface area contributed by atoms with Crippen LogP contribution in [0.4, 0.5) is 5.69 Å². The number of nitrogens with zero attached hydrogens (tertiary/aromatic N) is 1. The van der Waals surface area contributed by atoms with Crippen molar-refractivity contribution >= 4 is 11.6 Å². The molecule has 5 nitrogen and oxygen atoms in total. The molecular weight excluding hydrogens is 244 g/mol. The number of aliphatic hydroxyl groups is 1. The van der Waals surface area contributed by atoms with E-state index in [0.717, 1.165) is 11.4 Å². The van der Waals surface area contributed by atoms with Crippen LogP contribution in [0.25, 0.3) is 0 Å². The Bertz CT molecular complexity index is 390. The Balaban J connectivity index is 2.37. The molecule has 1 amide bonds. The molecule has 0 radical (unpaired) electrons. The summed E-state index contributed by atoms with van der Waals surface area (Å²) in [6, 6.07) is 7.19. The number of amides is 1. The molecule has 0 aliphatic carbocycles. The minimum absolute atomic E-state index is 0.0711. The van der Waals surface area contributed by atoms with Gasteiger partial charge in [-0.2, -0.15) is 0 Å². The van der Waals surface area contributed by atoms with Gasteiger partial charge in [0.2, 0.25) is 5.91 Å². The summed E-state index contributed by atoms with van der Waals surface area (Å²) in [5, 5.41) is 12.0. The van der Waals surface area contributed by atoms with E-state index < -0.39 is 0 Å². The number of carbonyl (C=O) groups is 1. The number of carbonyl (C=O) groups excluding carboxylic acids is 1. The highest BCUT2D eigenvalue weighted by Crippen LogP contribution is 2.14. The number of hydrogen-bond donors (Lipinski definition) is 2. The quantitative estimate of drug-likeness (QED) is 0.781. The van der Waals surface area contributed by atoms with Gasteiger partial charge in [0.15, 0.2) is 0 Å². The van der Waals surface area contributed by atoms with E-state index >= 15 is 0 Å². The second-order valence-corrected chi connectivity index (χ2v) is 4.65. The Hall–Kier alpha value is -1.59. The van der Waals surface area contributed by atoms with Gasteiger partial charge < -0.3 is 15.2 Å². The fourth-order valence-corrected chi connectivity index (χ4v) is 1.61. The van der Waals surface area contributed by atoms with Crippen LogP contribution >= 0.6 is 0 Å². The molecule has 1 aromatic carbocycles. The van der Waals surface area contributed by atoms with Crippen LogP contribution in [-0.2, 0) is 4.79 Å². The minimum atomic E-state index is -0.341. The third-order valence-corrected chi connectivity index (χ3v) is 2.72. The molecular formula is C14H22N2O3. The number of aliphatic hydroxyl groups excluding tert-OH is 1. The van der Waals surface area contributed by atoms with Crippen molar-refractivity contribution in [1.82, 2.24) is 4.90 Å². The Morgan fingerprint density at radius 2 is 2.05 bits per heavy atom. The Morgan fingerprint density at radius 1 is 1.42 bits per heavy atom. The number of methoxy groups -OCH3 is 1. The van der Waals surface area contributed by atoms with Crippen molar-refractivity contribution in [3.05, 3.63) is 24.3 Å².